The molecule has 0 saturated carbocycles. The van der Waals surface area contributed by atoms with E-state index in [0.717, 1.165) is 11.3 Å². The molecule has 0 radical (unpaired) electrons. The van der Waals surface area contributed by atoms with Crippen LogP contribution >= 0.6 is 0 Å². The molecule has 1 aliphatic heterocycles. The zero-order chi connectivity index (χ0) is 23.1. The fraction of sp³-hybridized carbons (Fsp3) is 0.450. The van der Waals surface area contributed by atoms with E-state index < -0.39 is 4.92 Å². The van der Waals surface area contributed by atoms with Crippen molar-refractivity contribution < 1.29 is 14.5 Å². The molecule has 0 unspecified atom stereocenters. The summed E-state index contributed by atoms with van der Waals surface area (Å²) in [4.78, 5) is 25.5. The summed E-state index contributed by atoms with van der Waals surface area (Å²) in [6, 6.07) is 0. The van der Waals surface area contributed by atoms with Crippen LogP contribution in [0.15, 0.2) is 40.7 Å². The number of hydrogen-bond acceptors (Lipinski definition) is 7. The first-order valence-electron chi connectivity index (χ1n) is 9.59. The van der Waals surface area contributed by atoms with Gasteiger partial charge in [-0.3, -0.25) is 14.9 Å². The maximum atomic E-state index is 12.3. The van der Waals surface area contributed by atoms with Crippen molar-refractivity contribution in [2.45, 2.75) is 40.5 Å². The molecule has 30 heavy (non-hydrogen) atoms. The quantitative estimate of drug-likeness (QED) is 0.302. The number of aliphatic imine (C=N–C) groups is 1. The summed E-state index contributed by atoms with van der Waals surface area (Å²) >= 11 is 0. The molecule has 2 heterocycles. The Morgan fingerprint density at radius 1 is 1.50 bits per heavy atom. The van der Waals surface area contributed by atoms with E-state index in [1.807, 2.05) is 13.8 Å². The number of amidine groups is 1. The molecule has 0 aromatic carbocycles. The molecular weight excluding hydrogens is 388 g/mol. The predicted molar refractivity (Wildman–Crippen MR) is 120 cm³/mol. The Kier molecular flexibility index (Phi) is 13.1. The van der Waals surface area contributed by atoms with Crippen LogP contribution in [0.25, 0.3) is 0 Å². The summed E-state index contributed by atoms with van der Waals surface area (Å²) < 4.78 is 6.57. The maximum absolute atomic E-state index is 12.3. The van der Waals surface area contributed by atoms with Crippen molar-refractivity contribution in [3.8, 4) is 0 Å². The van der Waals surface area contributed by atoms with Crippen LogP contribution in [0.1, 0.15) is 49.3 Å². The van der Waals surface area contributed by atoms with Gasteiger partial charge in [-0.25, -0.2) is 9.67 Å². The van der Waals surface area contributed by atoms with E-state index in [4.69, 9.17) is 10.5 Å². The number of aromatic nitrogens is 1. The molecule has 0 aliphatic carbocycles. The third-order valence-corrected chi connectivity index (χ3v) is 3.84. The SMILES string of the molecule is C/C=C(\C)[N+](=O)[O-].C=CCc1c(C(=O)NCCOC)cn2c1CC(N)=NC=N2.CC. The number of carbonyl (C=O) groups is 1. The fourth-order valence-corrected chi connectivity index (χ4v) is 2.27. The summed E-state index contributed by atoms with van der Waals surface area (Å²) in [5, 5.41) is 16.6. The van der Waals surface area contributed by atoms with Crippen molar-refractivity contribution in [1.29, 1.82) is 0 Å². The lowest BCUT2D eigenvalue weighted by Crippen LogP contribution is -2.27. The summed E-state index contributed by atoms with van der Waals surface area (Å²) in [5.74, 6) is 0.308. The molecule has 1 aliphatic rings. The van der Waals surface area contributed by atoms with E-state index in [-0.39, 0.29) is 11.6 Å². The van der Waals surface area contributed by atoms with Crippen molar-refractivity contribution in [3.63, 3.8) is 0 Å². The fourth-order valence-electron chi connectivity index (χ4n) is 2.27. The topological polar surface area (TPSA) is 137 Å². The molecule has 0 bridgehead atoms. The van der Waals surface area contributed by atoms with Crippen LogP contribution in [0, 0.1) is 10.1 Å². The number of methoxy groups -OCH3 is 1. The standard InChI is InChI=1S/C14H19N5O2.C4H7NO2.C2H6/c1-3-4-10-11(14(20)16-5-6-21-2)8-19-12(10)7-13(15)17-9-18-19;1-3-4(2)5(6)7;1-2/h3,8-9H,1,4-7H2,2H3,(H,16,20)(H2,15,17,18);3H,1-2H3;1-2H3/b;4-3+;. The number of amides is 1. The molecular formula is C20H32N6O4. The Hall–Kier alpha value is -3.27. The van der Waals surface area contributed by atoms with Gasteiger partial charge in [-0.2, -0.15) is 5.10 Å². The molecule has 166 valence electrons. The van der Waals surface area contributed by atoms with Crippen LogP contribution in [0.3, 0.4) is 0 Å². The molecule has 0 saturated heterocycles. The summed E-state index contributed by atoms with van der Waals surface area (Å²) in [7, 11) is 1.59. The Balaban J connectivity index is 0.000000795. The lowest BCUT2D eigenvalue weighted by atomic mass is 10.0. The van der Waals surface area contributed by atoms with Gasteiger partial charge in [0, 0.05) is 33.2 Å². The van der Waals surface area contributed by atoms with Crippen LogP contribution in [-0.2, 0) is 17.6 Å². The third kappa shape index (κ3) is 8.39. The molecule has 10 nitrogen and oxygen atoms in total. The van der Waals surface area contributed by atoms with Crippen molar-refractivity contribution >= 4 is 18.1 Å². The predicted octanol–water partition coefficient (Wildman–Crippen LogP) is 2.51. The van der Waals surface area contributed by atoms with Gasteiger partial charge in [-0.1, -0.05) is 19.9 Å². The number of nitrogens with zero attached hydrogens (tertiary/aromatic N) is 4. The van der Waals surface area contributed by atoms with Gasteiger partial charge in [0.1, 0.15) is 12.2 Å². The maximum Gasteiger partial charge on any atom is 0.253 e. The van der Waals surface area contributed by atoms with E-state index in [9.17, 15) is 14.9 Å². The van der Waals surface area contributed by atoms with Crippen molar-refractivity contribution in [2.75, 3.05) is 20.3 Å². The summed E-state index contributed by atoms with van der Waals surface area (Å²) in [6.45, 7) is 11.8. The van der Waals surface area contributed by atoms with E-state index in [1.165, 1.54) is 19.3 Å². The lowest BCUT2D eigenvalue weighted by Gasteiger charge is -2.06. The summed E-state index contributed by atoms with van der Waals surface area (Å²) in [6.07, 6.45) is 7.31. The van der Waals surface area contributed by atoms with Crippen LogP contribution in [-0.4, -0.2) is 47.9 Å². The Morgan fingerprint density at radius 2 is 2.17 bits per heavy atom. The average Bonchev–Trinajstić information content (AvgIpc) is 2.95. The highest BCUT2D eigenvalue weighted by atomic mass is 16.6. The minimum atomic E-state index is -0.417. The number of nitrogens with one attached hydrogen (secondary N) is 1. The van der Waals surface area contributed by atoms with Crippen molar-refractivity contribution in [3.05, 3.63) is 57.6 Å². The molecule has 1 aromatic rings. The number of nitro groups is 1. The highest BCUT2D eigenvalue weighted by Gasteiger charge is 2.21. The van der Waals surface area contributed by atoms with Gasteiger partial charge in [0.15, 0.2) is 0 Å². The second kappa shape index (κ2) is 14.7. The van der Waals surface area contributed by atoms with Gasteiger partial charge in [-0.05, 0) is 25.0 Å². The third-order valence-electron chi connectivity index (χ3n) is 3.84. The number of carbonyl (C=O) groups excluding carboxylic acids is 1. The normalized spacial score (nSPS) is 12.2. The van der Waals surface area contributed by atoms with Gasteiger partial charge in [0.05, 0.1) is 22.8 Å². The molecule has 0 fully saturated rings. The van der Waals surface area contributed by atoms with Gasteiger partial charge >= 0.3 is 0 Å². The van der Waals surface area contributed by atoms with Gasteiger partial charge in [-0.15, -0.1) is 6.58 Å². The molecule has 0 atom stereocenters. The zero-order valence-electron chi connectivity index (χ0n) is 18.3. The van der Waals surface area contributed by atoms with Gasteiger partial charge < -0.3 is 15.8 Å². The number of allylic oxidation sites excluding steroid dienone is 3. The van der Waals surface area contributed by atoms with Crippen LogP contribution in [0.2, 0.25) is 0 Å². The minimum Gasteiger partial charge on any atom is -0.387 e. The Bertz CT molecular complexity index is 808. The molecule has 2 rings (SSSR count). The Morgan fingerprint density at radius 3 is 2.67 bits per heavy atom. The first-order valence-corrected chi connectivity index (χ1v) is 9.59. The number of hydrogen-bond donors (Lipinski definition) is 2. The van der Waals surface area contributed by atoms with Gasteiger partial charge in [0.25, 0.3) is 5.91 Å². The second-order valence-corrected chi connectivity index (χ2v) is 5.77. The summed E-state index contributed by atoms with van der Waals surface area (Å²) in [5.41, 5.74) is 8.31. The lowest BCUT2D eigenvalue weighted by molar-refractivity contribution is -0.424. The first-order chi connectivity index (χ1) is 14.3. The van der Waals surface area contributed by atoms with E-state index in [2.05, 4.69) is 22.0 Å². The highest BCUT2D eigenvalue weighted by Crippen LogP contribution is 2.21. The monoisotopic (exact) mass is 420 g/mol. The van der Waals surface area contributed by atoms with Gasteiger partial charge in [0.2, 0.25) is 5.70 Å². The molecule has 10 heteroatoms. The molecule has 1 aromatic heterocycles. The first kappa shape index (κ1) is 26.7. The number of fused-ring (bicyclic) bond motifs is 1. The number of rotatable bonds is 7. The van der Waals surface area contributed by atoms with E-state index in [0.29, 0.717) is 37.4 Å². The molecule has 0 spiro atoms. The van der Waals surface area contributed by atoms with Crippen molar-refractivity contribution in [1.82, 2.24) is 9.99 Å². The second-order valence-electron chi connectivity index (χ2n) is 5.77. The van der Waals surface area contributed by atoms with Crippen molar-refractivity contribution in [2.24, 2.45) is 15.8 Å². The average molecular weight is 421 g/mol. The van der Waals surface area contributed by atoms with Crippen LogP contribution in [0.4, 0.5) is 0 Å². The van der Waals surface area contributed by atoms with Crippen LogP contribution in [0.5, 0.6) is 0 Å². The molecule has 1 amide bonds. The zero-order valence-corrected chi connectivity index (χ0v) is 18.3. The largest absolute Gasteiger partial charge is 0.387 e. The molecule has 3 N–H and O–H groups in total. The van der Waals surface area contributed by atoms with E-state index in [1.54, 1.807) is 31.0 Å². The highest BCUT2D eigenvalue weighted by molar-refractivity contribution is 5.97. The van der Waals surface area contributed by atoms with E-state index >= 15 is 0 Å². The smallest absolute Gasteiger partial charge is 0.253 e. The minimum absolute atomic E-state index is 0.157. The number of ether oxygens (including phenoxy) is 1. The Labute approximate surface area is 177 Å². The van der Waals surface area contributed by atoms with Crippen LogP contribution < -0.4 is 11.1 Å². The number of nitrogens with two attached hydrogens (primary N) is 1.